The number of ether oxygens (including phenoxy) is 1. The van der Waals surface area contributed by atoms with E-state index in [0.717, 1.165) is 28.8 Å². The minimum absolute atomic E-state index is 0.0878. The number of alkyl halides is 3. The fraction of sp³-hybridized carbons (Fsp3) is 0.400. The standard InChI is InChI=1S/C25H27F3N4O2/c1-14-21-19(12-34-14)18-9-15(5-8-20(18)31-22(21)29)23(33)32(13-24(2,3)4)11-17-7-6-16(10-30-17)25(26,27)28/h5-10,14H,11-13H2,1-4H3,(H2,29,31)/t14-/m1/s1. The van der Waals surface area contributed by atoms with Crippen molar-refractivity contribution in [3.05, 3.63) is 64.5 Å². The number of anilines is 1. The van der Waals surface area contributed by atoms with Crippen molar-refractivity contribution in [3.63, 3.8) is 0 Å². The van der Waals surface area contributed by atoms with E-state index >= 15 is 0 Å². The Bertz CT molecular complexity index is 1230. The van der Waals surface area contributed by atoms with Crippen molar-refractivity contribution >= 4 is 22.6 Å². The van der Waals surface area contributed by atoms with E-state index in [4.69, 9.17) is 10.5 Å². The number of pyridine rings is 2. The van der Waals surface area contributed by atoms with Crippen LogP contribution >= 0.6 is 0 Å². The van der Waals surface area contributed by atoms with Gasteiger partial charge in [0.2, 0.25) is 0 Å². The van der Waals surface area contributed by atoms with Crippen molar-refractivity contribution in [3.8, 4) is 0 Å². The van der Waals surface area contributed by atoms with Crippen LogP contribution in [0.15, 0.2) is 36.5 Å². The van der Waals surface area contributed by atoms with Crippen LogP contribution in [0.5, 0.6) is 0 Å². The lowest BCUT2D eigenvalue weighted by atomic mass is 9.95. The highest BCUT2D eigenvalue weighted by molar-refractivity contribution is 5.99. The van der Waals surface area contributed by atoms with E-state index in [0.29, 0.717) is 35.7 Å². The molecule has 1 aliphatic rings. The summed E-state index contributed by atoms with van der Waals surface area (Å²) in [6.45, 7) is 8.76. The molecule has 2 N–H and O–H groups in total. The number of nitrogen functional groups attached to an aromatic ring is 1. The largest absolute Gasteiger partial charge is 0.417 e. The average molecular weight is 473 g/mol. The van der Waals surface area contributed by atoms with E-state index in [1.54, 1.807) is 23.1 Å². The highest BCUT2D eigenvalue weighted by Gasteiger charge is 2.31. The molecule has 4 rings (SSSR count). The molecule has 3 aromatic rings. The van der Waals surface area contributed by atoms with Crippen LogP contribution in [0.25, 0.3) is 10.9 Å². The van der Waals surface area contributed by atoms with Gasteiger partial charge in [-0.25, -0.2) is 4.98 Å². The van der Waals surface area contributed by atoms with E-state index in [1.165, 1.54) is 6.07 Å². The van der Waals surface area contributed by atoms with Crippen molar-refractivity contribution in [2.75, 3.05) is 12.3 Å². The molecule has 0 saturated heterocycles. The summed E-state index contributed by atoms with van der Waals surface area (Å²) >= 11 is 0. The van der Waals surface area contributed by atoms with Gasteiger partial charge in [-0.15, -0.1) is 0 Å². The maximum Gasteiger partial charge on any atom is 0.417 e. The Morgan fingerprint density at radius 3 is 2.56 bits per heavy atom. The lowest BCUT2D eigenvalue weighted by molar-refractivity contribution is -0.137. The Kier molecular flexibility index (Phi) is 6.01. The predicted octanol–water partition coefficient (Wildman–Crippen LogP) is 5.51. The van der Waals surface area contributed by atoms with Crippen molar-refractivity contribution in [1.82, 2.24) is 14.9 Å². The molecule has 0 unspecified atom stereocenters. The Morgan fingerprint density at radius 1 is 1.21 bits per heavy atom. The van der Waals surface area contributed by atoms with Crippen LogP contribution in [0.1, 0.15) is 66.5 Å². The fourth-order valence-corrected chi connectivity index (χ4v) is 4.23. The molecule has 0 fully saturated rings. The first-order valence-electron chi connectivity index (χ1n) is 11.0. The second-order valence-electron chi connectivity index (χ2n) is 9.83. The molecule has 34 heavy (non-hydrogen) atoms. The monoisotopic (exact) mass is 472 g/mol. The first-order chi connectivity index (χ1) is 15.8. The average Bonchev–Trinajstić information content (AvgIpc) is 3.14. The van der Waals surface area contributed by atoms with Gasteiger partial charge in [0.05, 0.1) is 36.0 Å². The van der Waals surface area contributed by atoms with Crippen LogP contribution < -0.4 is 5.73 Å². The van der Waals surface area contributed by atoms with Crippen LogP contribution in [0.4, 0.5) is 19.0 Å². The Morgan fingerprint density at radius 2 is 1.94 bits per heavy atom. The summed E-state index contributed by atoms with van der Waals surface area (Å²) in [5, 5.41) is 0.808. The van der Waals surface area contributed by atoms with Crippen LogP contribution in [-0.4, -0.2) is 27.3 Å². The third-order valence-electron chi connectivity index (χ3n) is 5.75. The third-order valence-corrected chi connectivity index (χ3v) is 5.75. The SMILES string of the molecule is C[C@H]1OCc2c1c(N)nc1ccc(C(=O)N(Cc3ccc(C(F)(F)F)cn3)CC(C)(C)C)cc21. The summed E-state index contributed by atoms with van der Waals surface area (Å²) in [6, 6.07) is 7.54. The van der Waals surface area contributed by atoms with Gasteiger partial charge in [-0.1, -0.05) is 20.8 Å². The molecular weight excluding hydrogens is 445 g/mol. The maximum absolute atomic E-state index is 13.6. The molecule has 0 bridgehead atoms. The highest BCUT2D eigenvalue weighted by atomic mass is 19.4. The van der Waals surface area contributed by atoms with Crippen molar-refractivity contribution < 1.29 is 22.7 Å². The molecule has 1 aliphatic heterocycles. The number of fused-ring (bicyclic) bond motifs is 3. The second kappa shape index (κ2) is 8.54. The molecule has 1 amide bonds. The summed E-state index contributed by atoms with van der Waals surface area (Å²) in [7, 11) is 0. The smallest absolute Gasteiger partial charge is 0.383 e. The molecule has 1 atom stereocenters. The predicted molar refractivity (Wildman–Crippen MR) is 123 cm³/mol. The van der Waals surface area contributed by atoms with E-state index < -0.39 is 11.7 Å². The molecule has 1 aromatic carbocycles. The molecule has 9 heteroatoms. The number of nitrogens with two attached hydrogens (primary N) is 1. The number of rotatable bonds is 4. The van der Waals surface area contributed by atoms with Gasteiger partial charge in [0, 0.05) is 29.3 Å². The molecule has 0 aliphatic carbocycles. The van der Waals surface area contributed by atoms with E-state index in [9.17, 15) is 18.0 Å². The quantitative estimate of drug-likeness (QED) is 0.542. The molecule has 0 radical (unpaired) electrons. The minimum Gasteiger partial charge on any atom is -0.383 e. The highest BCUT2D eigenvalue weighted by Crippen LogP contribution is 2.38. The number of hydrogen-bond acceptors (Lipinski definition) is 5. The number of aromatic nitrogens is 2. The number of hydrogen-bond donors (Lipinski definition) is 1. The van der Waals surface area contributed by atoms with Gasteiger partial charge < -0.3 is 15.4 Å². The Labute approximate surface area is 195 Å². The molecule has 2 aromatic heterocycles. The summed E-state index contributed by atoms with van der Waals surface area (Å²) < 4.78 is 44.4. The normalized spacial score (nSPS) is 16.0. The molecule has 0 saturated carbocycles. The van der Waals surface area contributed by atoms with Crippen LogP contribution in [0.2, 0.25) is 0 Å². The van der Waals surface area contributed by atoms with Crippen LogP contribution in [-0.2, 0) is 24.1 Å². The van der Waals surface area contributed by atoms with E-state index in [-0.39, 0.29) is 24.0 Å². The molecule has 0 spiro atoms. The lowest BCUT2D eigenvalue weighted by Gasteiger charge is -2.30. The topological polar surface area (TPSA) is 81.3 Å². The van der Waals surface area contributed by atoms with Crippen LogP contribution in [0.3, 0.4) is 0 Å². The first-order valence-corrected chi connectivity index (χ1v) is 11.0. The summed E-state index contributed by atoms with van der Waals surface area (Å²) in [4.78, 5) is 23.6. The van der Waals surface area contributed by atoms with E-state index in [2.05, 4.69) is 9.97 Å². The molecule has 180 valence electrons. The second-order valence-corrected chi connectivity index (χ2v) is 9.83. The zero-order chi connectivity index (χ0) is 24.8. The van der Waals surface area contributed by atoms with Gasteiger partial charge in [0.1, 0.15) is 5.82 Å². The summed E-state index contributed by atoms with van der Waals surface area (Å²) in [5.74, 6) is 0.186. The number of amides is 1. The van der Waals surface area contributed by atoms with Crippen molar-refractivity contribution in [2.24, 2.45) is 5.41 Å². The maximum atomic E-state index is 13.6. The zero-order valence-corrected chi connectivity index (χ0v) is 19.5. The number of halogens is 3. The van der Waals surface area contributed by atoms with Crippen LogP contribution in [0, 0.1) is 5.41 Å². The van der Waals surface area contributed by atoms with E-state index in [1.807, 2.05) is 27.7 Å². The minimum atomic E-state index is -4.46. The number of carbonyl (C=O) groups is 1. The van der Waals surface area contributed by atoms with Crippen molar-refractivity contribution in [1.29, 1.82) is 0 Å². The van der Waals surface area contributed by atoms with Gasteiger partial charge in [0.25, 0.3) is 5.91 Å². The molecular formula is C25H27F3N4O2. The first kappa shape index (κ1) is 23.9. The summed E-state index contributed by atoms with van der Waals surface area (Å²) in [6.07, 6.45) is -3.84. The van der Waals surface area contributed by atoms with Gasteiger partial charge in [-0.2, -0.15) is 13.2 Å². The lowest BCUT2D eigenvalue weighted by Crippen LogP contribution is -2.37. The Balaban J connectivity index is 1.68. The zero-order valence-electron chi connectivity index (χ0n) is 19.5. The van der Waals surface area contributed by atoms with Gasteiger partial charge in [-0.05, 0) is 48.2 Å². The number of nitrogens with zero attached hydrogens (tertiary/aromatic N) is 3. The van der Waals surface area contributed by atoms with Gasteiger partial charge >= 0.3 is 6.18 Å². The number of benzene rings is 1. The van der Waals surface area contributed by atoms with Gasteiger partial charge in [-0.3, -0.25) is 9.78 Å². The summed E-state index contributed by atoms with van der Waals surface area (Å²) in [5.41, 5.74) is 8.35. The van der Waals surface area contributed by atoms with Gasteiger partial charge in [0.15, 0.2) is 0 Å². The van der Waals surface area contributed by atoms with Crippen molar-refractivity contribution in [2.45, 2.75) is 53.1 Å². The fourth-order valence-electron chi connectivity index (χ4n) is 4.23. The Hall–Kier alpha value is -3.20. The molecule has 3 heterocycles. The third kappa shape index (κ3) is 4.84. The number of carbonyl (C=O) groups excluding carboxylic acids is 1. The molecule has 6 nitrogen and oxygen atoms in total.